The second-order valence-electron chi connectivity index (χ2n) is 4.56. The summed E-state index contributed by atoms with van der Waals surface area (Å²) in [5, 5.41) is 0. The second kappa shape index (κ2) is 9.75. The van der Waals surface area contributed by atoms with Crippen LogP contribution in [0.5, 0.6) is 5.75 Å². The largest absolute Gasteiger partial charge is 0.484 e. The Labute approximate surface area is 129 Å². The number of methoxy groups -OCH3 is 2. The molecule has 0 aliphatic rings. The van der Waals surface area contributed by atoms with Gasteiger partial charge in [0.15, 0.2) is 6.61 Å². The number of hydrogen-bond donors (Lipinski definition) is 1. The summed E-state index contributed by atoms with van der Waals surface area (Å²) >= 11 is 0. The van der Waals surface area contributed by atoms with Gasteiger partial charge in [0.05, 0.1) is 13.2 Å². The molecule has 0 fully saturated rings. The Kier molecular flexibility index (Phi) is 7.95. The summed E-state index contributed by atoms with van der Waals surface area (Å²) in [5.41, 5.74) is 5.53. The van der Waals surface area contributed by atoms with Gasteiger partial charge in [-0.2, -0.15) is 0 Å². The minimum atomic E-state index is -0.551. The molecular weight excluding hydrogens is 288 g/mol. The molecule has 122 valence electrons. The van der Waals surface area contributed by atoms with Gasteiger partial charge in [0.1, 0.15) is 5.75 Å². The van der Waals surface area contributed by atoms with E-state index in [4.69, 9.17) is 19.9 Å². The summed E-state index contributed by atoms with van der Waals surface area (Å²) in [6.45, 7) is 1.68. The molecule has 0 atom stereocenters. The summed E-state index contributed by atoms with van der Waals surface area (Å²) in [6.07, 6.45) is 0. The highest BCUT2D eigenvalue weighted by atomic mass is 16.5. The molecule has 22 heavy (non-hydrogen) atoms. The Morgan fingerprint density at radius 2 is 1.59 bits per heavy atom. The molecule has 7 nitrogen and oxygen atoms in total. The highest BCUT2D eigenvalue weighted by molar-refractivity contribution is 5.94. The normalized spacial score (nSPS) is 10.3. The van der Waals surface area contributed by atoms with E-state index in [-0.39, 0.29) is 12.5 Å². The fourth-order valence-electron chi connectivity index (χ4n) is 1.75. The standard InChI is InChI=1S/C15H22N2O5/c1-20-9-7-17(8-10-21-2)15(19)12-3-5-13(6-4-12)22-11-14(16)18/h3-6H,7-11H2,1-2H3,(H2,16,18). The third-order valence-electron chi connectivity index (χ3n) is 2.90. The fraction of sp³-hybridized carbons (Fsp3) is 0.467. The van der Waals surface area contributed by atoms with Crippen molar-refractivity contribution in [3.63, 3.8) is 0 Å². The number of benzene rings is 1. The molecule has 1 rings (SSSR count). The number of hydrogen-bond acceptors (Lipinski definition) is 5. The first-order valence-corrected chi connectivity index (χ1v) is 6.86. The van der Waals surface area contributed by atoms with E-state index in [2.05, 4.69) is 0 Å². The van der Waals surface area contributed by atoms with Crippen LogP contribution in [0.1, 0.15) is 10.4 Å². The molecule has 0 unspecified atom stereocenters. The molecule has 1 aromatic carbocycles. The van der Waals surface area contributed by atoms with Crippen molar-refractivity contribution < 1.29 is 23.8 Å². The van der Waals surface area contributed by atoms with Gasteiger partial charge in [-0.3, -0.25) is 9.59 Å². The van der Waals surface area contributed by atoms with Crippen molar-refractivity contribution in [3.05, 3.63) is 29.8 Å². The third-order valence-corrected chi connectivity index (χ3v) is 2.90. The van der Waals surface area contributed by atoms with Gasteiger partial charge >= 0.3 is 0 Å². The second-order valence-corrected chi connectivity index (χ2v) is 4.56. The van der Waals surface area contributed by atoms with Crippen LogP contribution >= 0.6 is 0 Å². The molecule has 0 saturated heterocycles. The quantitative estimate of drug-likeness (QED) is 0.670. The molecule has 1 aromatic rings. The van der Waals surface area contributed by atoms with E-state index in [1.54, 1.807) is 43.4 Å². The molecule has 0 saturated carbocycles. The first-order chi connectivity index (χ1) is 10.6. The average Bonchev–Trinajstić information content (AvgIpc) is 2.53. The lowest BCUT2D eigenvalue weighted by Gasteiger charge is -2.22. The lowest BCUT2D eigenvalue weighted by Crippen LogP contribution is -2.36. The van der Waals surface area contributed by atoms with E-state index >= 15 is 0 Å². The van der Waals surface area contributed by atoms with Crippen LogP contribution in [0.2, 0.25) is 0 Å². The predicted molar refractivity (Wildman–Crippen MR) is 80.8 cm³/mol. The van der Waals surface area contributed by atoms with Crippen molar-refractivity contribution in [1.82, 2.24) is 4.90 Å². The molecule has 0 bridgehead atoms. The average molecular weight is 310 g/mol. The first-order valence-electron chi connectivity index (χ1n) is 6.86. The predicted octanol–water partition coefficient (Wildman–Crippen LogP) is 0.286. The van der Waals surface area contributed by atoms with Crippen LogP contribution in [0.15, 0.2) is 24.3 Å². The maximum Gasteiger partial charge on any atom is 0.255 e. The number of primary amides is 1. The zero-order chi connectivity index (χ0) is 16.4. The molecule has 7 heteroatoms. The highest BCUT2D eigenvalue weighted by Gasteiger charge is 2.15. The van der Waals surface area contributed by atoms with Gasteiger partial charge in [-0.1, -0.05) is 0 Å². The third kappa shape index (κ3) is 6.11. The van der Waals surface area contributed by atoms with Crippen molar-refractivity contribution in [3.8, 4) is 5.75 Å². The van der Waals surface area contributed by atoms with Crippen molar-refractivity contribution in [2.75, 3.05) is 47.1 Å². The van der Waals surface area contributed by atoms with Crippen LogP contribution in [-0.2, 0) is 14.3 Å². The number of nitrogens with zero attached hydrogens (tertiary/aromatic N) is 1. The number of rotatable bonds is 10. The van der Waals surface area contributed by atoms with Crippen LogP contribution in [0.3, 0.4) is 0 Å². The molecule has 0 aromatic heterocycles. The highest BCUT2D eigenvalue weighted by Crippen LogP contribution is 2.13. The van der Waals surface area contributed by atoms with Crippen molar-refractivity contribution in [2.45, 2.75) is 0 Å². The van der Waals surface area contributed by atoms with Crippen molar-refractivity contribution in [2.24, 2.45) is 5.73 Å². The van der Waals surface area contributed by atoms with Crippen LogP contribution in [0.25, 0.3) is 0 Å². The lowest BCUT2D eigenvalue weighted by molar-refractivity contribution is -0.119. The van der Waals surface area contributed by atoms with Gasteiger partial charge in [0.25, 0.3) is 11.8 Å². The zero-order valence-corrected chi connectivity index (χ0v) is 12.9. The summed E-state index contributed by atoms with van der Waals surface area (Å²) in [5.74, 6) is -0.184. The number of carbonyl (C=O) groups is 2. The SMILES string of the molecule is COCCN(CCOC)C(=O)c1ccc(OCC(N)=O)cc1. The molecule has 0 spiro atoms. The summed E-state index contributed by atoms with van der Waals surface area (Å²) in [7, 11) is 3.17. The lowest BCUT2D eigenvalue weighted by atomic mass is 10.2. The minimum Gasteiger partial charge on any atom is -0.484 e. The Balaban J connectivity index is 2.69. The maximum atomic E-state index is 12.4. The van der Waals surface area contributed by atoms with Gasteiger partial charge in [0, 0.05) is 32.9 Å². The van der Waals surface area contributed by atoms with E-state index in [0.29, 0.717) is 37.6 Å². The van der Waals surface area contributed by atoms with E-state index in [0.717, 1.165) is 0 Å². The maximum absolute atomic E-state index is 12.4. The molecule has 2 N–H and O–H groups in total. The minimum absolute atomic E-state index is 0.115. The van der Waals surface area contributed by atoms with Gasteiger partial charge < -0.3 is 24.8 Å². The van der Waals surface area contributed by atoms with Gasteiger partial charge in [-0.05, 0) is 24.3 Å². The number of nitrogens with two attached hydrogens (primary N) is 1. The Morgan fingerprint density at radius 1 is 1.05 bits per heavy atom. The Hall–Kier alpha value is -2.12. The van der Waals surface area contributed by atoms with Crippen LogP contribution in [-0.4, -0.2) is 63.8 Å². The Morgan fingerprint density at radius 3 is 2.05 bits per heavy atom. The first kappa shape index (κ1) is 17.9. The molecule has 0 aliphatic carbocycles. The number of carbonyl (C=O) groups excluding carboxylic acids is 2. The molecular formula is C15H22N2O5. The van der Waals surface area contributed by atoms with E-state index in [9.17, 15) is 9.59 Å². The fourth-order valence-corrected chi connectivity index (χ4v) is 1.75. The van der Waals surface area contributed by atoms with Gasteiger partial charge in [-0.15, -0.1) is 0 Å². The molecule has 0 aliphatic heterocycles. The Bertz CT molecular complexity index is 467. The van der Waals surface area contributed by atoms with Crippen molar-refractivity contribution in [1.29, 1.82) is 0 Å². The van der Waals surface area contributed by atoms with E-state index in [1.165, 1.54) is 0 Å². The zero-order valence-electron chi connectivity index (χ0n) is 12.9. The van der Waals surface area contributed by atoms with E-state index in [1.807, 2.05) is 0 Å². The molecule has 2 amide bonds. The van der Waals surface area contributed by atoms with Gasteiger partial charge in [0.2, 0.25) is 0 Å². The monoisotopic (exact) mass is 310 g/mol. The van der Waals surface area contributed by atoms with E-state index < -0.39 is 5.91 Å². The van der Waals surface area contributed by atoms with Crippen molar-refractivity contribution >= 4 is 11.8 Å². The molecule has 0 heterocycles. The topological polar surface area (TPSA) is 91.1 Å². The number of ether oxygens (including phenoxy) is 3. The smallest absolute Gasteiger partial charge is 0.255 e. The van der Waals surface area contributed by atoms with Crippen LogP contribution in [0, 0.1) is 0 Å². The summed E-state index contributed by atoms with van der Waals surface area (Å²) in [4.78, 5) is 24.7. The van der Waals surface area contributed by atoms with Crippen LogP contribution < -0.4 is 10.5 Å². The number of amides is 2. The molecule has 0 radical (unpaired) electrons. The van der Waals surface area contributed by atoms with Crippen LogP contribution in [0.4, 0.5) is 0 Å². The van der Waals surface area contributed by atoms with Gasteiger partial charge in [-0.25, -0.2) is 0 Å². The summed E-state index contributed by atoms with van der Waals surface area (Å²) in [6, 6.07) is 6.54. The summed E-state index contributed by atoms with van der Waals surface area (Å²) < 4.78 is 15.2.